The molecule has 9 nitrogen and oxygen atoms in total. The Balaban J connectivity index is 1.34. The van der Waals surface area contributed by atoms with Crippen molar-refractivity contribution in [3.8, 4) is 22.6 Å². The third-order valence-corrected chi connectivity index (χ3v) is 6.18. The van der Waals surface area contributed by atoms with E-state index in [-0.39, 0.29) is 5.78 Å². The summed E-state index contributed by atoms with van der Waals surface area (Å²) in [7, 11) is 0. The van der Waals surface area contributed by atoms with E-state index in [9.17, 15) is 4.79 Å². The van der Waals surface area contributed by atoms with E-state index in [1.165, 1.54) is 11.3 Å². The first-order valence-electron chi connectivity index (χ1n) is 10.4. The molecule has 1 aromatic carbocycles. The molecular formula is C24H16N8OS. The lowest BCUT2D eigenvalue weighted by atomic mass is 10.1. The van der Waals surface area contributed by atoms with Gasteiger partial charge in [-0.1, -0.05) is 30.3 Å². The number of benzene rings is 1. The number of tetrazole rings is 1. The van der Waals surface area contributed by atoms with Crippen LogP contribution in [0.1, 0.15) is 20.8 Å². The summed E-state index contributed by atoms with van der Waals surface area (Å²) in [5.74, 6) is 0.433. The van der Waals surface area contributed by atoms with Crippen LogP contribution in [-0.4, -0.2) is 45.6 Å². The molecule has 0 saturated heterocycles. The molecule has 0 unspecified atom stereocenters. The summed E-state index contributed by atoms with van der Waals surface area (Å²) in [6.45, 7) is 0.486. The van der Waals surface area contributed by atoms with Crippen molar-refractivity contribution in [2.45, 2.75) is 6.54 Å². The van der Waals surface area contributed by atoms with Gasteiger partial charge >= 0.3 is 0 Å². The molecule has 0 aliphatic heterocycles. The lowest BCUT2D eigenvalue weighted by Crippen LogP contribution is -2.04. The van der Waals surface area contributed by atoms with Crippen LogP contribution in [0.15, 0.2) is 84.8 Å². The fourth-order valence-electron chi connectivity index (χ4n) is 3.71. The number of aromatic nitrogens is 8. The number of nitrogens with zero attached hydrogens (tertiary/aromatic N) is 8. The van der Waals surface area contributed by atoms with Gasteiger partial charge in [0.2, 0.25) is 11.6 Å². The highest BCUT2D eigenvalue weighted by Gasteiger charge is 2.19. The molecule has 164 valence electrons. The summed E-state index contributed by atoms with van der Waals surface area (Å²) < 4.78 is 1.69. The lowest BCUT2D eigenvalue weighted by molar-refractivity contribution is 0.104. The van der Waals surface area contributed by atoms with Crippen LogP contribution >= 0.6 is 11.3 Å². The molecule has 0 spiro atoms. The Morgan fingerprint density at radius 1 is 0.971 bits per heavy atom. The first-order chi connectivity index (χ1) is 16.8. The molecule has 6 aromatic rings. The van der Waals surface area contributed by atoms with E-state index < -0.39 is 0 Å². The highest BCUT2D eigenvalue weighted by Crippen LogP contribution is 2.26. The van der Waals surface area contributed by atoms with Crippen molar-refractivity contribution in [3.05, 3.63) is 101 Å². The molecule has 5 aromatic heterocycles. The maximum Gasteiger partial charge on any atom is 0.208 e. The molecule has 5 heterocycles. The molecule has 0 fully saturated rings. The van der Waals surface area contributed by atoms with Crippen molar-refractivity contribution in [1.29, 1.82) is 0 Å². The van der Waals surface area contributed by atoms with Crippen LogP contribution in [0.25, 0.3) is 28.3 Å². The van der Waals surface area contributed by atoms with Gasteiger partial charge in [-0.25, -0.2) is 9.50 Å². The number of carbonyl (C=O) groups excluding carboxylic acids is 1. The molecule has 0 N–H and O–H groups in total. The average Bonchev–Trinajstić information content (AvgIpc) is 3.65. The maximum atomic E-state index is 12.9. The van der Waals surface area contributed by atoms with Crippen molar-refractivity contribution >= 4 is 22.8 Å². The number of rotatable bonds is 6. The van der Waals surface area contributed by atoms with Crippen LogP contribution in [0, 0.1) is 0 Å². The van der Waals surface area contributed by atoms with Crippen molar-refractivity contribution in [2.75, 3.05) is 0 Å². The third-order valence-electron chi connectivity index (χ3n) is 5.31. The zero-order valence-electron chi connectivity index (χ0n) is 17.7. The highest BCUT2D eigenvalue weighted by molar-refractivity contribution is 7.12. The molecule has 0 aliphatic carbocycles. The molecule has 10 heteroatoms. The Bertz CT molecular complexity index is 1600. The van der Waals surface area contributed by atoms with Gasteiger partial charge in [-0.3, -0.25) is 9.78 Å². The van der Waals surface area contributed by atoms with Crippen LogP contribution in [-0.2, 0) is 6.54 Å². The number of fused-ring (bicyclic) bond motifs is 1. The number of hydrogen-bond acceptors (Lipinski definition) is 8. The number of hydrogen-bond donors (Lipinski definition) is 0. The summed E-state index contributed by atoms with van der Waals surface area (Å²) in [5.41, 5.74) is 4.50. The Morgan fingerprint density at radius 3 is 2.76 bits per heavy atom. The number of pyridine rings is 1. The monoisotopic (exact) mass is 464 g/mol. The van der Waals surface area contributed by atoms with E-state index in [1.807, 2.05) is 53.9 Å². The van der Waals surface area contributed by atoms with Crippen LogP contribution in [0.5, 0.6) is 0 Å². The quantitative estimate of drug-likeness (QED) is 0.346. The topological polar surface area (TPSA) is 104 Å². The van der Waals surface area contributed by atoms with Gasteiger partial charge in [0.1, 0.15) is 0 Å². The van der Waals surface area contributed by atoms with Gasteiger partial charge in [-0.2, -0.15) is 9.90 Å². The van der Waals surface area contributed by atoms with Crippen molar-refractivity contribution < 1.29 is 4.79 Å². The third kappa shape index (κ3) is 3.65. The van der Waals surface area contributed by atoms with E-state index in [0.29, 0.717) is 28.5 Å². The smallest absolute Gasteiger partial charge is 0.208 e. The second-order valence-corrected chi connectivity index (χ2v) is 8.46. The fourth-order valence-corrected chi connectivity index (χ4v) is 4.39. The predicted octanol–water partition coefficient (Wildman–Crippen LogP) is 3.79. The zero-order chi connectivity index (χ0) is 22.9. The normalized spacial score (nSPS) is 11.2. The summed E-state index contributed by atoms with van der Waals surface area (Å²) in [5, 5.41) is 19.2. The molecule has 0 aliphatic rings. The van der Waals surface area contributed by atoms with Gasteiger partial charge in [0, 0.05) is 29.7 Å². The van der Waals surface area contributed by atoms with Gasteiger partial charge in [0.15, 0.2) is 5.65 Å². The summed E-state index contributed by atoms with van der Waals surface area (Å²) in [6.07, 6.45) is 6.77. The van der Waals surface area contributed by atoms with Gasteiger partial charge in [-0.15, -0.1) is 21.5 Å². The summed E-state index contributed by atoms with van der Waals surface area (Å²) in [4.78, 5) is 23.6. The molecule has 0 radical (unpaired) electrons. The molecule has 0 atom stereocenters. The minimum atomic E-state index is -0.0853. The summed E-state index contributed by atoms with van der Waals surface area (Å²) >= 11 is 1.40. The standard InChI is InChI=1S/C24H16N8OS/c33-22(21-7-3-11-34-21)19-14-27-32-20(8-10-26-24(19)32)17-5-1-6-18(12-17)23-28-30-31(29-23)15-16-4-2-9-25-13-16/h1-14H,15H2. The number of ketones is 1. The van der Waals surface area contributed by atoms with E-state index in [4.69, 9.17) is 0 Å². The first kappa shape index (κ1) is 20.1. The molecular weight excluding hydrogens is 448 g/mol. The number of carbonyl (C=O) groups is 1. The SMILES string of the molecule is O=C(c1cccs1)c1cnn2c(-c3cccc(-c4nnn(Cc5cccnc5)n4)c3)ccnc12. The van der Waals surface area contributed by atoms with Gasteiger partial charge in [0.25, 0.3) is 0 Å². The predicted molar refractivity (Wildman–Crippen MR) is 126 cm³/mol. The Hall–Kier alpha value is -4.57. The average molecular weight is 465 g/mol. The molecule has 34 heavy (non-hydrogen) atoms. The minimum absolute atomic E-state index is 0.0853. The van der Waals surface area contributed by atoms with E-state index >= 15 is 0 Å². The molecule has 0 amide bonds. The lowest BCUT2D eigenvalue weighted by Gasteiger charge is -2.06. The van der Waals surface area contributed by atoms with Crippen molar-refractivity contribution in [3.63, 3.8) is 0 Å². The van der Waals surface area contributed by atoms with Crippen LogP contribution in [0.3, 0.4) is 0 Å². The van der Waals surface area contributed by atoms with Crippen molar-refractivity contribution in [2.24, 2.45) is 0 Å². The summed E-state index contributed by atoms with van der Waals surface area (Å²) in [6, 6.07) is 17.2. The molecule has 0 saturated carbocycles. The number of thiophene rings is 1. The molecule has 6 rings (SSSR count). The van der Waals surface area contributed by atoms with Crippen molar-refractivity contribution in [1.82, 2.24) is 39.8 Å². The largest absolute Gasteiger partial charge is 0.287 e. The maximum absolute atomic E-state index is 12.9. The Labute approximate surface area is 197 Å². The zero-order valence-corrected chi connectivity index (χ0v) is 18.5. The van der Waals surface area contributed by atoms with E-state index in [1.54, 1.807) is 40.2 Å². The first-order valence-corrected chi connectivity index (χ1v) is 11.3. The van der Waals surface area contributed by atoms with Crippen LogP contribution in [0.2, 0.25) is 0 Å². The Kier molecular flexibility index (Phi) is 4.96. The second-order valence-electron chi connectivity index (χ2n) is 7.52. The molecule has 0 bridgehead atoms. The van der Waals surface area contributed by atoms with Crippen LogP contribution in [0.4, 0.5) is 0 Å². The second kappa shape index (κ2) is 8.41. The minimum Gasteiger partial charge on any atom is -0.287 e. The van der Waals surface area contributed by atoms with Gasteiger partial charge < -0.3 is 0 Å². The van der Waals surface area contributed by atoms with E-state index in [2.05, 4.69) is 30.5 Å². The van der Waals surface area contributed by atoms with Gasteiger partial charge in [-0.05, 0) is 40.4 Å². The Morgan fingerprint density at radius 2 is 1.91 bits per heavy atom. The van der Waals surface area contributed by atoms with Gasteiger partial charge in [0.05, 0.1) is 28.9 Å². The highest BCUT2D eigenvalue weighted by atomic mass is 32.1. The van der Waals surface area contributed by atoms with E-state index in [0.717, 1.165) is 22.4 Å². The fraction of sp³-hybridized carbons (Fsp3) is 0.0417. The van der Waals surface area contributed by atoms with Crippen LogP contribution < -0.4 is 0 Å².